The van der Waals surface area contributed by atoms with Gasteiger partial charge in [0.1, 0.15) is 0 Å². The molecule has 7 heteroatoms. The summed E-state index contributed by atoms with van der Waals surface area (Å²) in [5.74, 6) is 1.35. The fourth-order valence-corrected chi connectivity index (χ4v) is 4.95. The molecule has 1 saturated heterocycles. The number of aryl methyl sites for hydroxylation is 2. The van der Waals surface area contributed by atoms with Gasteiger partial charge in [0, 0.05) is 37.3 Å². The van der Waals surface area contributed by atoms with E-state index in [1.165, 1.54) is 18.5 Å². The van der Waals surface area contributed by atoms with E-state index in [0.717, 1.165) is 58.8 Å². The van der Waals surface area contributed by atoms with E-state index >= 15 is 0 Å². The summed E-state index contributed by atoms with van der Waals surface area (Å²) in [6, 6.07) is 10.4. The van der Waals surface area contributed by atoms with E-state index in [-0.39, 0.29) is 0 Å². The zero-order chi connectivity index (χ0) is 20.9. The molecule has 158 valence electrons. The molecule has 0 spiro atoms. The van der Waals surface area contributed by atoms with Crippen molar-refractivity contribution in [2.75, 3.05) is 29.9 Å². The molecule has 0 radical (unpaired) electrons. The molecule has 2 aromatic heterocycles. The van der Waals surface area contributed by atoms with Gasteiger partial charge in [0.15, 0.2) is 0 Å². The highest BCUT2D eigenvalue weighted by molar-refractivity contribution is 7.15. The quantitative estimate of drug-likeness (QED) is 0.560. The number of hydrogen-bond acceptors (Lipinski definition) is 7. The fourth-order valence-electron chi connectivity index (χ4n) is 4.06. The SMILES string of the molecule is Cc1nc(C)c(-c2ccnc(Nc3ccc(N4CCC(CCCO)CC4)cc3)n2)s1. The molecule has 0 aliphatic carbocycles. The van der Waals surface area contributed by atoms with Crippen molar-refractivity contribution < 1.29 is 5.11 Å². The number of thiazole rings is 1. The number of hydrogen-bond donors (Lipinski definition) is 2. The number of aliphatic hydroxyl groups excluding tert-OH is 1. The second kappa shape index (κ2) is 9.53. The number of piperidine rings is 1. The first-order valence-corrected chi connectivity index (χ1v) is 11.4. The number of aromatic nitrogens is 3. The van der Waals surface area contributed by atoms with Crippen LogP contribution in [0.15, 0.2) is 36.5 Å². The first-order valence-electron chi connectivity index (χ1n) is 10.6. The Morgan fingerprint density at radius 1 is 1.10 bits per heavy atom. The molecular formula is C23H29N5OS. The van der Waals surface area contributed by atoms with Gasteiger partial charge in [0.05, 0.1) is 21.3 Å². The van der Waals surface area contributed by atoms with E-state index in [1.807, 2.05) is 19.9 Å². The highest BCUT2D eigenvalue weighted by Gasteiger charge is 2.19. The minimum atomic E-state index is 0.310. The molecular weight excluding hydrogens is 394 g/mol. The van der Waals surface area contributed by atoms with Crippen molar-refractivity contribution in [1.82, 2.24) is 15.0 Å². The molecule has 0 amide bonds. The van der Waals surface area contributed by atoms with Crippen molar-refractivity contribution in [2.45, 2.75) is 39.5 Å². The maximum absolute atomic E-state index is 9.02. The van der Waals surface area contributed by atoms with Gasteiger partial charge in [-0.15, -0.1) is 11.3 Å². The largest absolute Gasteiger partial charge is 0.396 e. The molecule has 0 unspecified atom stereocenters. The van der Waals surface area contributed by atoms with Crippen molar-refractivity contribution in [3.63, 3.8) is 0 Å². The lowest BCUT2D eigenvalue weighted by Crippen LogP contribution is -2.33. The maximum atomic E-state index is 9.02. The Bertz CT molecular complexity index is 964. The number of nitrogens with zero attached hydrogens (tertiary/aromatic N) is 4. The Morgan fingerprint density at radius 2 is 1.87 bits per heavy atom. The van der Waals surface area contributed by atoms with Gasteiger partial charge in [0.2, 0.25) is 5.95 Å². The van der Waals surface area contributed by atoms with E-state index in [2.05, 4.69) is 49.4 Å². The first-order chi connectivity index (χ1) is 14.6. The standard InChI is InChI=1S/C23H29N5OS/c1-16-22(30-17(2)25-16)21-9-12-24-23(27-21)26-19-5-7-20(8-6-19)28-13-10-18(11-14-28)4-3-15-29/h5-9,12,18,29H,3-4,10-11,13-15H2,1-2H3,(H,24,26,27). The molecule has 30 heavy (non-hydrogen) atoms. The van der Waals surface area contributed by atoms with Gasteiger partial charge in [-0.3, -0.25) is 0 Å². The molecule has 0 saturated carbocycles. The van der Waals surface area contributed by atoms with Gasteiger partial charge in [-0.25, -0.2) is 15.0 Å². The lowest BCUT2D eigenvalue weighted by molar-refractivity contribution is 0.261. The molecule has 1 aromatic carbocycles. The predicted molar refractivity (Wildman–Crippen MR) is 124 cm³/mol. The third-order valence-corrected chi connectivity index (χ3v) is 6.76. The average Bonchev–Trinajstić information content (AvgIpc) is 3.11. The van der Waals surface area contributed by atoms with E-state index in [4.69, 9.17) is 5.11 Å². The van der Waals surface area contributed by atoms with Crippen LogP contribution in [0.25, 0.3) is 10.6 Å². The van der Waals surface area contributed by atoms with E-state index in [0.29, 0.717) is 12.6 Å². The topological polar surface area (TPSA) is 74.2 Å². The number of rotatable bonds is 7. The number of nitrogens with one attached hydrogen (secondary N) is 1. The molecule has 6 nitrogen and oxygen atoms in total. The van der Waals surface area contributed by atoms with Crippen LogP contribution in [0.4, 0.5) is 17.3 Å². The third kappa shape index (κ3) is 4.96. The molecule has 1 aliphatic heterocycles. The zero-order valence-electron chi connectivity index (χ0n) is 17.6. The van der Waals surface area contributed by atoms with Gasteiger partial charge < -0.3 is 15.3 Å². The van der Waals surface area contributed by atoms with Crippen molar-refractivity contribution in [1.29, 1.82) is 0 Å². The summed E-state index contributed by atoms with van der Waals surface area (Å²) in [6.45, 7) is 6.51. The van der Waals surface area contributed by atoms with Crippen LogP contribution in [-0.4, -0.2) is 39.8 Å². The summed E-state index contributed by atoms with van der Waals surface area (Å²) >= 11 is 1.66. The highest BCUT2D eigenvalue weighted by Crippen LogP contribution is 2.30. The average molecular weight is 424 g/mol. The summed E-state index contributed by atoms with van der Waals surface area (Å²) in [6.07, 6.45) is 6.27. The van der Waals surface area contributed by atoms with Crippen molar-refractivity contribution in [2.24, 2.45) is 5.92 Å². The fraction of sp³-hybridized carbons (Fsp3) is 0.435. The summed E-state index contributed by atoms with van der Waals surface area (Å²) in [5, 5.41) is 13.4. The van der Waals surface area contributed by atoms with Gasteiger partial charge in [-0.1, -0.05) is 0 Å². The number of benzene rings is 1. The Labute approximate surface area is 182 Å². The Balaban J connectivity index is 1.39. The van der Waals surface area contributed by atoms with E-state index in [1.54, 1.807) is 17.5 Å². The summed E-state index contributed by atoms with van der Waals surface area (Å²) in [4.78, 5) is 17.1. The van der Waals surface area contributed by atoms with Gasteiger partial charge in [-0.05, 0) is 75.8 Å². The molecule has 2 N–H and O–H groups in total. The predicted octanol–water partition coefficient (Wildman–Crippen LogP) is 4.95. The lowest BCUT2D eigenvalue weighted by atomic mass is 9.92. The van der Waals surface area contributed by atoms with Gasteiger partial charge in [-0.2, -0.15) is 0 Å². The highest BCUT2D eigenvalue weighted by atomic mass is 32.1. The number of aliphatic hydroxyl groups is 1. The maximum Gasteiger partial charge on any atom is 0.227 e. The van der Waals surface area contributed by atoms with Crippen molar-refractivity contribution >= 4 is 28.7 Å². The van der Waals surface area contributed by atoms with E-state index in [9.17, 15) is 0 Å². The van der Waals surface area contributed by atoms with E-state index < -0.39 is 0 Å². The second-order valence-corrected chi connectivity index (χ2v) is 9.08. The second-order valence-electron chi connectivity index (χ2n) is 7.88. The van der Waals surface area contributed by atoms with Crippen LogP contribution in [-0.2, 0) is 0 Å². The van der Waals surface area contributed by atoms with Gasteiger partial charge >= 0.3 is 0 Å². The molecule has 0 bridgehead atoms. The summed E-state index contributed by atoms with van der Waals surface area (Å²) in [7, 11) is 0. The normalized spacial score (nSPS) is 14.8. The summed E-state index contributed by atoms with van der Waals surface area (Å²) < 4.78 is 0. The Morgan fingerprint density at radius 3 is 2.53 bits per heavy atom. The number of anilines is 3. The molecule has 3 aromatic rings. The van der Waals surface area contributed by atoms with Crippen LogP contribution >= 0.6 is 11.3 Å². The lowest BCUT2D eigenvalue weighted by Gasteiger charge is -2.33. The molecule has 3 heterocycles. The zero-order valence-corrected chi connectivity index (χ0v) is 18.5. The molecule has 4 rings (SSSR count). The monoisotopic (exact) mass is 423 g/mol. The van der Waals surface area contributed by atoms with Crippen LogP contribution in [0.1, 0.15) is 36.4 Å². The Kier molecular flexibility index (Phi) is 6.59. The van der Waals surface area contributed by atoms with Crippen LogP contribution in [0, 0.1) is 19.8 Å². The molecule has 1 aliphatic rings. The van der Waals surface area contributed by atoms with Crippen LogP contribution < -0.4 is 10.2 Å². The van der Waals surface area contributed by atoms with Crippen LogP contribution in [0.5, 0.6) is 0 Å². The van der Waals surface area contributed by atoms with Crippen LogP contribution in [0.2, 0.25) is 0 Å². The van der Waals surface area contributed by atoms with Gasteiger partial charge in [0.25, 0.3) is 0 Å². The molecule has 1 fully saturated rings. The van der Waals surface area contributed by atoms with Crippen molar-refractivity contribution in [3.05, 3.63) is 47.2 Å². The van der Waals surface area contributed by atoms with Crippen molar-refractivity contribution in [3.8, 4) is 10.6 Å². The molecule has 0 atom stereocenters. The minimum Gasteiger partial charge on any atom is -0.396 e. The first kappa shape index (κ1) is 20.8. The summed E-state index contributed by atoms with van der Waals surface area (Å²) in [5.41, 5.74) is 4.14. The Hall–Kier alpha value is -2.51. The smallest absolute Gasteiger partial charge is 0.227 e. The van der Waals surface area contributed by atoms with Crippen LogP contribution in [0.3, 0.4) is 0 Å². The third-order valence-electron chi connectivity index (χ3n) is 5.67. The minimum absolute atomic E-state index is 0.310.